The molecule has 0 radical (unpaired) electrons. The molecule has 0 bridgehead atoms. The second kappa shape index (κ2) is 6.29. The average Bonchev–Trinajstić information content (AvgIpc) is 2.35. The zero-order valence-electron chi connectivity index (χ0n) is 9.23. The Kier molecular flexibility index (Phi) is 5.00. The summed E-state index contributed by atoms with van der Waals surface area (Å²) in [7, 11) is 0. The summed E-state index contributed by atoms with van der Waals surface area (Å²) in [5.41, 5.74) is 2.63. The van der Waals surface area contributed by atoms with E-state index in [1.807, 2.05) is 13.2 Å². The summed E-state index contributed by atoms with van der Waals surface area (Å²) in [6.07, 6.45) is 4.79. The number of hydrazine groups is 1. The zero-order chi connectivity index (χ0) is 12.0. The van der Waals surface area contributed by atoms with Gasteiger partial charge in [-0.05, 0) is 6.26 Å². The number of rotatable bonds is 5. The summed E-state index contributed by atoms with van der Waals surface area (Å²) in [6, 6.07) is 0. The third-order valence-electron chi connectivity index (χ3n) is 1.98. The van der Waals surface area contributed by atoms with Crippen molar-refractivity contribution in [2.45, 2.75) is 12.2 Å². The number of carbonyl (C=O) groups excluding carboxylic acids is 1. The van der Waals surface area contributed by atoms with Crippen molar-refractivity contribution in [1.29, 1.82) is 0 Å². The van der Waals surface area contributed by atoms with Gasteiger partial charge in [-0.1, -0.05) is 6.92 Å². The molecule has 1 amide bonds. The number of nitrogens with one attached hydrogen (secondary N) is 2. The van der Waals surface area contributed by atoms with E-state index in [1.165, 1.54) is 12.4 Å². The normalized spacial score (nSPS) is 11.9. The molecule has 0 aliphatic carbocycles. The van der Waals surface area contributed by atoms with Crippen LogP contribution in [0, 0.1) is 0 Å². The van der Waals surface area contributed by atoms with Gasteiger partial charge in [0.1, 0.15) is 5.69 Å². The topological polar surface area (TPSA) is 92.9 Å². The van der Waals surface area contributed by atoms with Crippen molar-refractivity contribution in [3.63, 3.8) is 0 Å². The molecule has 1 rings (SSSR count). The van der Waals surface area contributed by atoms with Crippen LogP contribution in [0.15, 0.2) is 12.4 Å². The highest BCUT2D eigenvalue weighted by atomic mass is 32.2. The van der Waals surface area contributed by atoms with Gasteiger partial charge in [0.2, 0.25) is 0 Å². The highest BCUT2D eigenvalue weighted by molar-refractivity contribution is 7.99. The molecular weight excluding hydrogens is 226 g/mol. The predicted molar refractivity (Wildman–Crippen MR) is 65.2 cm³/mol. The minimum atomic E-state index is -0.225. The number of hydrogen-bond acceptors (Lipinski definition) is 6. The second-order valence-electron chi connectivity index (χ2n) is 3.19. The number of carbonyl (C=O) groups is 1. The number of nitrogens with zero attached hydrogens (tertiary/aromatic N) is 2. The Morgan fingerprint density at radius 1 is 1.56 bits per heavy atom. The molecule has 1 aromatic rings. The van der Waals surface area contributed by atoms with Crippen molar-refractivity contribution in [2.75, 3.05) is 18.2 Å². The molecule has 1 aromatic heterocycles. The number of thioether (sulfide) groups is 1. The van der Waals surface area contributed by atoms with Crippen LogP contribution in [-0.4, -0.2) is 33.9 Å². The lowest BCUT2D eigenvalue weighted by Crippen LogP contribution is -2.30. The van der Waals surface area contributed by atoms with Crippen molar-refractivity contribution in [3.05, 3.63) is 18.1 Å². The molecule has 0 aliphatic heterocycles. The van der Waals surface area contributed by atoms with Gasteiger partial charge in [0, 0.05) is 11.8 Å². The summed E-state index contributed by atoms with van der Waals surface area (Å²) in [5, 5.41) is 3.15. The minimum Gasteiger partial charge on any atom is -0.350 e. The molecule has 1 heterocycles. The molecule has 1 unspecified atom stereocenters. The highest BCUT2D eigenvalue weighted by Gasteiger charge is 2.08. The van der Waals surface area contributed by atoms with Crippen molar-refractivity contribution < 1.29 is 4.79 Å². The Morgan fingerprint density at radius 3 is 2.81 bits per heavy atom. The lowest BCUT2D eigenvalue weighted by Gasteiger charge is -2.09. The average molecular weight is 241 g/mol. The molecule has 0 fully saturated rings. The van der Waals surface area contributed by atoms with Gasteiger partial charge in [0.15, 0.2) is 5.82 Å². The van der Waals surface area contributed by atoms with Crippen molar-refractivity contribution in [3.8, 4) is 0 Å². The quantitative estimate of drug-likeness (QED) is 0.505. The van der Waals surface area contributed by atoms with E-state index in [0.29, 0.717) is 17.6 Å². The molecule has 0 saturated heterocycles. The van der Waals surface area contributed by atoms with E-state index < -0.39 is 0 Å². The molecule has 16 heavy (non-hydrogen) atoms. The van der Waals surface area contributed by atoms with Crippen molar-refractivity contribution >= 4 is 23.5 Å². The summed E-state index contributed by atoms with van der Waals surface area (Å²) in [4.78, 5) is 19.4. The maximum atomic E-state index is 11.6. The Bertz CT molecular complexity index is 342. The van der Waals surface area contributed by atoms with Gasteiger partial charge in [0.25, 0.3) is 5.91 Å². The maximum Gasteiger partial charge on any atom is 0.271 e. The Labute approximate surface area is 98.4 Å². The first kappa shape index (κ1) is 12.7. The molecule has 1 atom stereocenters. The molecule has 0 aromatic carbocycles. The molecule has 0 saturated carbocycles. The van der Waals surface area contributed by atoms with E-state index in [2.05, 4.69) is 20.7 Å². The first-order chi connectivity index (χ1) is 7.67. The van der Waals surface area contributed by atoms with Gasteiger partial charge in [-0.2, -0.15) is 11.8 Å². The predicted octanol–water partition coefficient (Wildman–Crippen LogP) is 0.243. The molecule has 7 heteroatoms. The van der Waals surface area contributed by atoms with Crippen molar-refractivity contribution in [1.82, 2.24) is 15.3 Å². The van der Waals surface area contributed by atoms with Gasteiger partial charge in [0.05, 0.1) is 12.4 Å². The summed E-state index contributed by atoms with van der Waals surface area (Å²) < 4.78 is 0. The largest absolute Gasteiger partial charge is 0.350 e. The Hall–Kier alpha value is -1.34. The standard InChI is InChI=1S/C9H15N5OS/c1-6(16-2)3-13-9(15)7-4-12-8(14-10)5-11-7/h4-6H,3,10H2,1-2H3,(H,12,14)(H,13,15). The minimum absolute atomic E-state index is 0.225. The van der Waals surface area contributed by atoms with E-state index in [0.717, 1.165) is 0 Å². The van der Waals surface area contributed by atoms with Crippen LogP contribution in [0.3, 0.4) is 0 Å². The number of aromatic nitrogens is 2. The third-order valence-corrected chi connectivity index (χ3v) is 2.96. The Morgan fingerprint density at radius 2 is 2.31 bits per heavy atom. The van der Waals surface area contributed by atoms with Gasteiger partial charge in [-0.15, -0.1) is 0 Å². The van der Waals surface area contributed by atoms with E-state index in [-0.39, 0.29) is 11.6 Å². The van der Waals surface area contributed by atoms with Crippen molar-refractivity contribution in [2.24, 2.45) is 5.84 Å². The first-order valence-corrected chi connectivity index (χ1v) is 6.05. The van der Waals surface area contributed by atoms with Gasteiger partial charge in [-0.25, -0.2) is 15.8 Å². The monoisotopic (exact) mass is 241 g/mol. The number of amides is 1. The summed E-state index contributed by atoms with van der Waals surface area (Å²) >= 11 is 1.69. The van der Waals surface area contributed by atoms with Crippen LogP contribution in [-0.2, 0) is 0 Å². The molecular formula is C9H15N5OS. The van der Waals surface area contributed by atoms with Gasteiger partial charge in [-0.3, -0.25) is 4.79 Å². The molecule has 88 valence electrons. The van der Waals surface area contributed by atoms with Crippen LogP contribution in [0.1, 0.15) is 17.4 Å². The van der Waals surface area contributed by atoms with E-state index >= 15 is 0 Å². The van der Waals surface area contributed by atoms with Crippen LogP contribution < -0.4 is 16.6 Å². The van der Waals surface area contributed by atoms with Crippen LogP contribution in [0.2, 0.25) is 0 Å². The van der Waals surface area contributed by atoms with Crippen LogP contribution in [0.4, 0.5) is 5.82 Å². The fourth-order valence-electron chi connectivity index (χ4n) is 0.930. The lowest BCUT2D eigenvalue weighted by molar-refractivity contribution is 0.0949. The third kappa shape index (κ3) is 3.67. The van der Waals surface area contributed by atoms with E-state index in [4.69, 9.17) is 5.84 Å². The first-order valence-electron chi connectivity index (χ1n) is 4.77. The van der Waals surface area contributed by atoms with Gasteiger partial charge < -0.3 is 10.7 Å². The summed E-state index contributed by atoms with van der Waals surface area (Å²) in [6.45, 7) is 2.65. The van der Waals surface area contributed by atoms with Crippen LogP contribution >= 0.6 is 11.8 Å². The number of anilines is 1. The zero-order valence-corrected chi connectivity index (χ0v) is 10.0. The number of nitrogen functional groups attached to an aromatic ring is 1. The fourth-order valence-corrected chi connectivity index (χ4v) is 1.18. The van der Waals surface area contributed by atoms with Crippen LogP contribution in [0.5, 0.6) is 0 Å². The van der Waals surface area contributed by atoms with Gasteiger partial charge >= 0.3 is 0 Å². The smallest absolute Gasteiger partial charge is 0.271 e. The van der Waals surface area contributed by atoms with Crippen LogP contribution in [0.25, 0.3) is 0 Å². The Balaban J connectivity index is 2.52. The fraction of sp³-hybridized carbons (Fsp3) is 0.444. The summed E-state index contributed by atoms with van der Waals surface area (Å²) in [5.74, 6) is 5.34. The molecule has 0 spiro atoms. The second-order valence-corrected chi connectivity index (χ2v) is 4.46. The SMILES string of the molecule is CSC(C)CNC(=O)c1cnc(NN)cn1. The lowest BCUT2D eigenvalue weighted by atomic mass is 10.4. The number of hydrogen-bond donors (Lipinski definition) is 3. The molecule has 4 N–H and O–H groups in total. The maximum absolute atomic E-state index is 11.6. The highest BCUT2D eigenvalue weighted by Crippen LogP contribution is 2.03. The van der Waals surface area contributed by atoms with E-state index in [9.17, 15) is 4.79 Å². The van der Waals surface area contributed by atoms with E-state index in [1.54, 1.807) is 11.8 Å². The number of nitrogens with two attached hydrogens (primary N) is 1. The molecule has 0 aliphatic rings. The molecule has 6 nitrogen and oxygen atoms in total.